The summed E-state index contributed by atoms with van der Waals surface area (Å²) in [7, 11) is 0. The summed E-state index contributed by atoms with van der Waals surface area (Å²) in [6.45, 7) is 2.93. The highest BCUT2D eigenvalue weighted by atomic mass is 16.2. The lowest BCUT2D eigenvalue weighted by Crippen LogP contribution is -2.48. The number of anilines is 1. The Morgan fingerprint density at radius 3 is 2.48 bits per heavy atom. The van der Waals surface area contributed by atoms with Gasteiger partial charge in [-0.15, -0.1) is 0 Å². The molecule has 0 radical (unpaired) electrons. The molecule has 0 aliphatic carbocycles. The lowest BCUT2D eigenvalue weighted by molar-refractivity contribution is 0.183. The number of hydrogen-bond donors (Lipinski definition) is 2. The van der Waals surface area contributed by atoms with Gasteiger partial charge in [-0.05, 0) is 37.1 Å². The van der Waals surface area contributed by atoms with Crippen molar-refractivity contribution in [3.8, 4) is 0 Å². The van der Waals surface area contributed by atoms with E-state index in [1.807, 2.05) is 36.4 Å². The zero-order chi connectivity index (χ0) is 15.9. The van der Waals surface area contributed by atoms with Crippen molar-refractivity contribution in [2.24, 2.45) is 0 Å². The first-order chi connectivity index (χ1) is 11.3. The molecule has 2 N–H and O–H groups in total. The van der Waals surface area contributed by atoms with Crippen molar-refractivity contribution in [3.05, 3.63) is 66.2 Å². The van der Waals surface area contributed by atoms with Crippen LogP contribution < -0.4 is 10.6 Å². The Balaban J connectivity index is 1.49. The van der Waals surface area contributed by atoms with Crippen LogP contribution in [0.4, 0.5) is 10.5 Å². The van der Waals surface area contributed by atoms with Gasteiger partial charge in [-0.2, -0.15) is 0 Å². The van der Waals surface area contributed by atoms with E-state index in [0.717, 1.165) is 38.2 Å². The van der Waals surface area contributed by atoms with Gasteiger partial charge in [-0.1, -0.05) is 48.5 Å². The quantitative estimate of drug-likeness (QED) is 0.908. The fourth-order valence-electron chi connectivity index (χ4n) is 3.03. The standard InChI is InChI=1S/C19H23N3O/c23-19(20-17-10-5-2-6-11-17)21-18-12-7-13-22(15-18)14-16-8-3-1-4-9-16/h1-6,8-11,18H,7,12-15H2,(H2,20,21,23)/t18-/m0/s1. The van der Waals surface area contributed by atoms with Gasteiger partial charge < -0.3 is 10.6 Å². The zero-order valence-corrected chi connectivity index (χ0v) is 13.2. The molecule has 1 aliphatic rings. The summed E-state index contributed by atoms with van der Waals surface area (Å²) in [4.78, 5) is 14.5. The molecule has 2 aromatic carbocycles. The molecule has 1 atom stereocenters. The Hall–Kier alpha value is -2.33. The molecule has 1 fully saturated rings. The normalized spacial score (nSPS) is 18.3. The van der Waals surface area contributed by atoms with Crippen molar-refractivity contribution in [1.82, 2.24) is 10.2 Å². The van der Waals surface area contributed by atoms with Gasteiger partial charge in [0.1, 0.15) is 0 Å². The molecule has 4 nitrogen and oxygen atoms in total. The van der Waals surface area contributed by atoms with Crippen LogP contribution in [0.1, 0.15) is 18.4 Å². The molecule has 3 rings (SSSR count). The maximum absolute atomic E-state index is 12.1. The van der Waals surface area contributed by atoms with Gasteiger partial charge in [-0.3, -0.25) is 4.90 Å². The number of hydrogen-bond acceptors (Lipinski definition) is 2. The number of carbonyl (C=O) groups excluding carboxylic acids is 1. The number of likely N-dealkylation sites (tertiary alicyclic amines) is 1. The smallest absolute Gasteiger partial charge is 0.319 e. The molecule has 120 valence electrons. The summed E-state index contributed by atoms with van der Waals surface area (Å²) in [6, 6.07) is 20.1. The van der Waals surface area contributed by atoms with Gasteiger partial charge in [0.2, 0.25) is 0 Å². The third-order valence-electron chi connectivity index (χ3n) is 4.12. The van der Waals surface area contributed by atoms with Crippen molar-refractivity contribution < 1.29 is 4.79 Å². The van der Waals surface area contributed by atoms with Gasteiger partial charge >= 0.3 is 6.03 Å². The lowest BCUT2D eigenvalue weighted by Gasteiger charge is -2.33. The van der Waals surface area contributed by atoms with Crippen molar-refractivity contribution in [2.45, 2.75) is 25.4 Å². The molecule has 0 bridgehead atoms. The largest absolute Gasteiger partial charge is 0.334 e. The van der Waals surface area contributed by atoms with Crippen molar-refractivity contribution in [2.75, 3.05) is 18.4 Å². The Morgan fingerprint density at radius 1 is 1.04 bits per heavy atom. The molecule has 4 heteroatoms. The highest BCUT2D eigenvalue weighted by molar-refractivity contribution is 5.89. The lowest BCUT2D eigenvalue weighted by atomic mass is 10.0. The number of piperidine rings is 1. The summed E-state index contributed by atoms with van der Waals surface area (Å²) in [5.41, 5.74) is 2.14. The third kappa shape index (κ3) is 4.83. The van der Waals surface area contributed by atoms with Gasteiger partial charge in [-0.25, -0.2) is 4.79 Å². The highest BCUT2D eigenvalue weighted by Gasteiger charge is 2.21. The highest BCUT2D eigenvalue weighted by Crippen LogP contribution is 2.14. The van der Waals surface area contributed by atoms with Crippen molar-refractivity contribution in [3.63, 3.8) is 0 Å². The second-order valence-corrected chi connectivity index (χ2v) is 6.02. The number of carbonyl (C=O) groups is 1. The Morgan fingerprint density at radius 2 is 1.74 bits per heavy atom. The van der Waals surface area contributed by atoms with Crippen LogP contribution in [0.25, 0.3) is 0 Å². The topological polar surface area (TPSA) is 44.4 Å². The number of urea groups is 1. The van der Waals surface area contributed by atoms with E-state index in [1.165, 1.54) is 5.56 Å². The molecule has 0 aromatic heterocycles. The summed E-state index contributed by atoms with van der Waals surface area (Å²) >= 11 is 0. The predicted molar refractivity (Wildman–Crippen MR) is 93.3 cm³/mol. The molecule has 0 unspecified atom stereocenters. The van der Waals surface area contributed by atoms with E-state index in [4.69, 9.17) is 0 Å². The molecule has 23 heavy (non-hydrogen) atoms. The Bertz CT molecular complexity index is 615. The van der Waals surface area contributed by atoms with Crippen LogP contribution >= 0.6 is 0 Å². The number of amides is 2. The van der Waals surface area contributed by atoms with E-state index in [9.17, 15) is 4.79 Å². The van der Waals surface area contributed by atoms with Crippen LogP contribution in [0, 0.1) is 0 Å². The molecule has 2 amide bonds. The number of benzene rings is 2. The van der Waals surface area contributed by atoms with Crippen LogP contribution in [0.3, 0.4) is 0 Å². The summed E-state index contributed by atoms with van der Waals surface area (Å²) in [5.74, 6) is 0. The average molecular weight is 309 g/mol. The number of nitrogens with one attached hydrogen (secondary N) is 2. The molecule has 1 heterocycles. The molecular weight excluding hydrogens is 286 g/mol. The first-order valence-corrected chi connectivity index (χ1v) is 8.18. The summed E-state index contributed by atoms with van der Waals surface area (Å²) in [6.07, 6.45) is 2.15. The van der Waals surface area contributed by atoms with Crippen LogP contribution in [0.5, 0.6) is 0 Å². The minimum absolute atomic E-state index is 0.122. The number of para-hydroxylation sites is 1. The van der Waals surface area contributed by atoms with Crippen LogP contribution in [-0.2, 0) is 6.54 Å². The molecule has 0 spiro atoms. The van der Waals surface area contributed by atoms with E-state index >= 15 is 0 Å². The Labute approximate surface area is 137 Å². The zero-order valence-electron chi connectivity index (χ0n) is 13.2. The van der Waals surface area contributed by atoms with Gasteiger partial charge in [0.05, 0.1) is 0 Å². The summed E-state index contributed by atoms with van der Waals surface area (Å²) in [5, 5.41) is 5.98. The molecule has 2 aromatic rings. The number of nitrogens with zero attached hydrogens (tertiary/aromatic N) is 1. The van der Waals surface area contributed by atoms with Gasteiger partial charge in [0.15, 0.2) is 0 Å². The van der Waals surface area contributed by atoms with E-state index in [2.05, 4.69) is 39.8 Å². The second-order valence-electron chi connectivity index (χ2n) is 6.02. The Kier molecular flexibility index (Phi) is 5.27. The average Bonchev–Trinajstić information content (AvgIpc) is 2.57. The van der Waals surface area contributed by atoms with Gasteiger partial charge in [0, 0.05) is 24.8 Å². The van der Waals surface area contributed by atoms with E-state index in [1.54, 1.807) is 0 Å². The van der Waals surface area contributed by atoms with E-state index < -0.39 is 0 Å². The fourth-order valence-corrected chi connectivity index (χ4v) is 3.03. The second kappa shape index (κ2) is 7.79. The van der Waals surface area contributed by atoms with E-state index in [-0.39, 0.29) is 12.1 Å². The minimum atomic E-state index is -0.122. The van der Waals surface area contributed by atoms with Crippen LogP contribution in [0.15, 0.2) is 60.7 Å². The third-order valence-corrected chi connectivity index (χ3v) is 4.12. The predicted octanol–water partition coefficient (Wildman–Crippen LogP) is 3.47. The van der Waals surface area contributed by atoms with E-state index in [0.29, 0.717) is 0 Å². The van der Waals surface area contributed by atoms with Gasteiger partial charge in [0.25, 0.3) is 0 Å². The fraction of sp³-hybridized carbons (Fsp3) is 0.316. The SMILES string of the molecule is O=C(Nc1ccccc1)N[C@H]1CCCN(Cc2ccccc2)C1. The maximum atomic E-state index is 12.1. The van der Waals surface area contributed by atoms with Crippen molar-refractivity contribution in [1.29, 1.82) is 0 Å². The van der Waals surface area contributed by atoms with Crippen LogP contribution in [-0.4, -0.2) is 30.1 Å². The first-order valence-electron chi connectivity index (χ1n) is 8.18. The monoisotopic (exact) mass is 309 g/mol. The van der Waals surface area contributed by atoms with Crippen LogP contribution in [0.2, 0.25) is 0 Å². The first kappa shape index (κ1) is 15.6. The number of rotatable bonds is 4. The minimum Gasteiger partial charge on any atom is -0.334 e. The molecule has 1 aliphatic heterocycles. The molecule has 0 saturated carbocycles. The maximum Gasteiger partial charge on any atom is 0.319 e. The summed E-state index contributed by atoms with van der Waals surface area (Å²) < 4.78 is 0. The molecular formula is C19H23N3O. The van der Waals surface area contributed by atoms with Crippen molar-refractivity contribution >= 4 is 11.7 Å². The molecule has 1 saturated heterocycles.